The number of nitrogens with zero attached hydrogens (tertiary/aromatic N) is 2. The Bertz CT molecular complexity index is 929. The number of ether oxygens (including phenoxy) is 1. The van der Waals surface area contributed by atoms with Gasteiger partial charge in [-0.3, -0.25) is 24.6 Å². The molecule has 1 aliphatic rings. The van der Waals surface area contributed by atoms with Crippen LogP contribution in [0.1, 0.15) is 20.7 Å². The highest BCUT2D eigenvalue weighted by atomic mass is 35.5. The van der Waals surface area contributed by atoms with Gasteiger partial charge in [0.1, 0.15) is 12.7 Å². The zero-order valence-corrected chi connectivity index (χ0v) is 15.1. The Morgan fingerprint density at radius 1 is 1.11 bits per heavy atom. The van der Waals surface area contributed by atoms with E-state index in [1.807, 2.05) is 0 Å². The van der Waals surface area contributed by atoms with Crippen molar-refractivity contribution in [2.45, 2.75) is 6.10 Å². The number of carbonyl (C=O) groups is 2. The number of fused-ring (bicyclic) bond motifs is 1. The molecule has 0 spiro atoms. The van der Waals surface area contributed by atoms with Gasteiger partial charge in [-0.2, -0.15) is 0 Å². The molecule has 10 heteroatoms. The fourth-order valence-corrected chi connectivity index (χ4v) is 3.13. The van der Waals surface area contributed by atoms with Crippen molar-refractivity contribution in [3.05, 3.63) is 67.7 Å². The van der Waals surface area contributed by atoms with Crippen molar-refractivity contribution in [2.24, 2.45) is 0 Å². The average molecular weight is 411 g/mol. The summed E-state index contributed by atoms with van der Waals surface area (Å²) < 4.78 is 5.39. The van der Waals surface area contributed by atoms with E-state index in [-0.39, 0.29) is 45.8 Å². The van der Waals surface area contributed by atoms with Crippen LogP contribution in [-0.2, 0) is 0 Å². The van der Waals surface area contributed by atoms with Gasteiger partial charge in [0.15, 0.2) is 5.75 Å². The molecule has 2 aromatic rings. The van der Waals surface area contributed by atoms with Crippen LogP contribution >= 0.6 is 23.2 Å². The molecule has 3 rings (SSSR count). The number of rotatable bonds is 6. The van der Waals surface area contributed by atoms with Gasteiger partial charge in [-0.15, -0.1) is 0 Å². The maximum Gasteiger partial charge on any atom is 0.270 e. The molecular weight excluding hydrogens is 399 g/mol. The normalized spacial score (nSPS) is 14.3. The molecule has 0 bridgehead atoms. The molecule has 2 aromatic carbocycles. The molecule has 0 aromatic heterocycles. The summed E-state index contributed by atoms with van der Waals surface area (Å²) in [6, 6.07) is 8.17. The number of amides is 2. The lowest BCUT2D eigenvalue weighted by molar-refractivity contribution is -0.384. The second-order valence-corrected chi connectivity index (χ2v) is 6.54. The van der Waals surface area contributed by atoms with Crippen LogP contribution in [0.25, 0.3) is 0 Å². The third-order valence-electron chi connectivity index (χ3n) is 3.90. The van der Waals surface area contributed by atoms with Crippen molar-refractivity contribution in [1.82, 2.24) is 4.90 Å². The third-order valence-corrected chi connectivity index (χ3v) is 4.49. The van der Waals surface area contributed by atoms with Crippen LogP contribution in [0.4, 0.5) is 5.69 Å². The van der Waals surface area contributed by atoms with Crippen LogP contribution < -0.4 is 4.74 Å². The summed E-state index contributed by atoms with van der Waals surface area (Å²) in [5.41, 5.74) is -0.321. The molecule has 8 nitrogen and oxygen atoms in total. The number of para-hydroxylation sites is 1. The zero-order valence-electron chi connectivity index (χ0n) is 13.6. The fraction of sp³-hybridized carbons (Fsp3) is 0.176. The molecule has 0 aliphatic carbocycles. The number of aliphatic hydroxyl groups is 1. The standard InChI is InChI=1S/C17H12Cl2N2O6/c18-13-2-1-3-14(19)15(13)27-8-10(22)7-20-16(23)11-5-4-9(21(25)26)6-12(11)17(20)24/h1-6,10,22H,7-8H2/t10-/m0/s1. The van der Waals surface area contributed by atoms with Crippen molar-refractivity contribution >= 4 is 40.7 Å². The van der Waals surface area contributed by atoms with Gasteiger partial charge in [-0.25, -0.2) is 0 Å². The van der Waals surface area contributed by atoms with Gasteiger partial charge in [0, 0.05) is 12.1 Å². The Kier molecular flexibility index (Phi) is 5.31. The zero-order chi connectivity index (χ0) is 19.7. The highest BCUT2D eigenvalue weighted by molar-refractivity contribution is 6.37. The SMILES string of the molecule is O=C1c2ccc([N+](=O)[O-])cc2C(=O)N1C[C@H](O)COc1c(Cl)cccc1Cl. The van der Waals surface area contributed by atoms with E-state index in [2.05, 4.69) is 0 Å². The summed E-state index contributed by atoms with van der Waals surface area (Å²) in [4.78, 5) is 35.7. The molecule has 0 saturated carbocycles. The second kappa shape index (κ2) is 7.51. The van der Waals surface area contributed by atoms with Gasteiger partial charge in [0.2, 0.25) is 0 Å². The van der Waals surface area contributed by atoms with Crippen molar-refractivity contribution in [2.75, 3.05) is 13.2 Å². The van der Waals surface area contributed by atoms with Crippen LogP contribution in [0, 0.1) is 10.1 Å². The number of nitro benzene ring substituents is 1. The summed E-state index contributed by atoms with van der Waals surface area (Å²) in [5, 5.41) is 21.5. The summed E-state index contributed by atoms with van der Waals surface area (Å²) in [5.74, 6) is -1.17. The van der Waals surface area contributed by atoms with Crippen molar-refractivity contribution in [3.63, 3.8) is 0 Å². The van der Waals surface area contributed by atoms with E-state index in [0.29, 0.717) is 0 Å². The smallest absolute Gasteiger partial charge is 0.270 e. The summed E-state index contributed by atoms with van der Waals surface area (Å²) in [7, 11) is 0. The molecular formula is C17H12Cl2N2O6. The monoisotopic (exact) mass is 410 g/mol. The molecule has 0 fully saturated rings. The highest BCUT2D eigenvalue weighted by Gasteiger charge is 2.37. The maximum atomic E-state index is 12.4. The molecule has 0 unspecified atom stereocenters. The molecule has 27 heavy (non-hydrogen) atoms. The van der Waals surface area contributed by atoms with Gasteiger partial charge in [-0.05, 0) is 18.2 Å². The third kappa shape index (κ3) is 3.73. The predicted molar refractivity (Wildman–Crippen MR) is 96.4 cm³/mol. The number of hydrogen-bond donors (Lipinski definition) is 1. The molecule has 1 atom stereocenters. The number of hydrogen-bond acceptors (Lipinski definition) is 6. The Morgan fingerprint density at radius 2 is 1.74 bits per heavy atom. The number of benzene rings is 2. The number of nitro groups is 1. The fourth-order valence-electron chi connectivity index (χ4n) is 2.62. The van der Waals surface area contributed by atoms with Crippen LogP contribution in [0.5, 0.6) is 5.75 Å². The Hall–Kier alpha value is -2.68. The summed E-state index contributed by atoms with van der Waals surface area (Å²) >= 11 is 11.9. The minimum atomic E-state index is -1.21. The van der Waals surface area contributed by atoms with Gasteiger partial charge < -0.3 is 9.84 Å². The van der Waals surface area contributed by atoms with Crippen molar-refractivity contribution in [3.8, 4) is 5.75 Å². The first-order valence-corrected chi connectivity index (χ1v) is 8.44. The minimum absolute atomic E-state index is 0.0490. The Morgan fingerprint density at radius 3 is 2.37 bits per heavy atom. The van der Waals surface area contributed by atoms with Crippen molar-refractivity contribution < 1.29 is 24.4 Å². The van der Waals surface area contributed by atoms with E-state index in [9.17, 15) is 24.8 Å². The number of halogens is 2. The highest BCUT2D eigenvalue weighted by Crippen LogP contribution is 2.32. The molecule has 1 N–H and O–H groups in total. The second-order valence-electron chi connectivity index (χ2n) is 5.72. The van der Waals surface area contributed by atoms with Crippen LogP contribution in [0.15, 0.2) is 36.4 Å². The number of carbonyl (C=O) groups excluding carboxylic acids is 2. The molecule has 1 heterocycles. The number of aliphatic hydroxyl groups excluding tert-OH is 1. The first kappa shape index (κ1) is 19.1. The van der Waals surface area contributed by atoms with Crippen LogP contribution in [0.3, 0.4) is 0 Å². The lowest BCUT2D eigenvalue weighted by Crippen LogP contribution is -2.39. The lowest BCUT2D eigenvalue weighted by atomic mass is 10.1. The Labute approximate surface area is 163 Å². The largest absolute Gasteiger partial charge is 0.488 e. The summed E-state index contributed by atoms with van der Waals surface area (Å²) in [6.07, 6.45) is -1.21. The molecule has 1 aliphatic heterocycles. The van der Waals surface area contributed by atoms with Crippen molar-refractivity contribution in [1.29, 1.82) is 0 Å². The molecule has 0 saturated heterocycles. The van der Waals surface area contributed by atoms with E-state index in [1.54, 1.807) is 18.2 Å². The van der Waals surface area contributed by atoms with E-state index in [1.165, 1.54) is 6.07 Å². The van der Waals surface area contributed by atoms with Gasteiger partial charge in [-0.1, -0.05) is 29.3 Å². The van der Waals surface area contributed by atoms with E-state index in [0.717, 1.165) is 17.0 Å². The topological polar surface area (TPSA) is 110 Å². The summed E-state index contributed by atoms with van der Waals surface area (Å²) in [6.45, 7) is -0.612. The van der Waals surface area contributed by atoms with Gasteiger partial charge in [0.25, 0.3) is 17.5 Å². The first-order chi connectivity index (χ1) is 12.8. The first-order valence-electron chi connectivity index (χ1n) is 7.69. The lowest BCUT2D eigenvalue weighted by Gasteiger charge is -2.19. The van der Waals surface area contributed by atoms with Crippen LogP contribution in [-0.4, -0.2) is 46.0 Å². The van der Waals surface area contributed by atoms with E-state index in [4.69, 9.17) is 27.9 Å². The Balaban J connectivity index is 1.69. The minimum Gasteiger partial charge on any atom is -0.488 e. The van der Waals surface area contributed by atoms with Gasteiger partial charge >= 0.3 is 0 Å². The predicted octanol–water partition coefficient (Wildman–Crippen LogP) is 2.94. The number of imide groups is 1. The number of non-ortho nitro benzene ring substituents is 1. The van der Waals surface area contributed by atoms with E-state index < -0.39 is 22.8 Å². The number of β-amino-alcohol motifs (C(OH)–C–C–N with tert-alkyl or cyclic N) is 1. The quantitative estimate of drug-likeness (QED) is 0.445. The molecule has 2 amide bonds. The molecule has 0 radical (unpaired) electrons. The van der Waals surface area contributed by atoms with Crippen LogP contribution in [0.2, 0.25) is 10.0 Å². The average Bonchev–Trinajstić information content (AvgIpc) is 2.86. The molecule has 140 valence electrons. The van der Waals surface area contributed by atoms with E-state index >= 15 is 0 Å². The van der Waals surface area contributed by atoms with Gasteiger partial charge in [0.05, 0.1) is 32.6 Å². The maximum absolute atomic E-state index is 12.4.